The van der Waals surface area contributed by atoms with E-state index in [1.807, 2.05) is 53.7 Å². The fourth-order valence-corrected chi connectivity index (χ4v) is 5.10. The maximum Gasteiger partial charge on any atom is 0.177 e. The molecule has 1 aromatic carbocycles. The molecule has 0 amide bonds. The number of carbonyl (C=O) groups excluding carboxylic acids is 1. The van der Waals surface area contributed by atoms with E-state index in [9.17, 15) is 15.0 Å². The second-order valence-corrected chi connectivity index (χ2v) is 7.67. The number of Topliss-reactive ketones (excluding diaryl/α,β-unsaturated/α-hetero) is 1. The van der Waals surface area contributed by atoms with Gasteiger partial charge in [0.1, 0.15) is 5.60 Å². The number of rotatable bonds is 4. The van der Waals surface area contributed by atoms with E-state index in [4.69, 9.17) is 9.47 Å². The van der Waals surface area contributed by atoms with E-state index in [0.717, 1.165) is 17.5 Å². The third kappa shape index (κ3) is 2.78. The van der Waals surface area contributed by atoms with Gasteiger partial charge in [-0.3, -0.25) is 4.79 Å². The van der Waals surface area contributed by atoms with Gasteiger partial charge in [-0.15, -0.1) is 0 Å². The zero-order valence-electron chi connectivity index (χ0n) is 17.6. The second kappa shape index (κ2) is 7.80. The summed E-state index contributed by atoms with van der Waals surface area (Å²) in [6.45, 7) is 11.8. The van der Waals surface area contributed by atoms with Crippen molar-refractivity contribution in [2.24, 2.45) is 5.92 Å². The summed E-state index contributed by atoms with van der Waals surface area (Å²) < 4.78 is 11.6. The molecule has 1 aliphatic carbocycles. The van der Waals surface area contributed by atoms with Gasteiger partial charge in [0.05, 0.1) is 18.6 Å². The van der Waals surface area contributed by atoms with E-state index in [1.165, 1.54) is 0 Å². The summed E-state index contributed by atoms with van der Waals surface area (Å²) in [6, 6.07) is 3.74. The van der Waals surface area contributed by atoms with Gasteiger partial charge in [-0.2, -0.15) is 0 Å². The van der Waals surface area contributed by atoms with Crippen molar-refractivity contribution in [2.45, 2.75) is 84.0 Å². The Labute approximate surface area is 162 Å². The summed E-state index contributed by atoms with van der Waals surface area (Å²) in [5, 5.41) is 22.6. The lowest BCUT2D eigenvalue weighted by Gasteiger charge is -2.55. The molecule has 2 N–H and O–H groups in total. The quantitative estimate of drug-likeness (QED) is 0.838. The molecule has 5 heteroatoms. The molecule has 1 aromatic rings. The van der Waals surface area contributed by atoms with E-state index >= 15 is 0 Å². The average Bonchev–Trinajstić information content (AvgIpc) is 3.00. The Bertz CT molecular complexity index is 698. The van der Waals surface area contributed by atoms with Crippen molar-refractivity contribution in [2.75, 3.05) is 7.11 Å². The van der Waals surface area contributed by atoms with Gasteiger partial charge < -0.3 is 19.7 Å². The number of ketones is 1. The van der Waals surface area contributed by atoms with Crippen LogP contribution in [0.3, 0.4) is 0 Å². The average molecular weight is 379 g/mol. The van der Waals surface area contributed by atoms with Crippen molar-refractivity contribution in [3.8, 4) is 11.5 Å². The summed E-state index contributed by atoms with van der Waals surface area (Å²) in [5.41, 5.74) is -0.683. The minimum Gasteiger partial charge on any atom is -0.493 e. The Morgan fingerprint density at radius 1 is 1.33 bits per heavy atom. The highest BCUT2D eigenvalue weighted by atomic mass is 16.5. The number of fused-ring (bicyclic) bond motifs is 3. The highest BCUT2D eigenvalue weighted by molar-refractivity contribution is 5.90. The number of hydrogen-bond donors (Lipinski definition) is 2. The number of aliphatic hydroxyl groups excluding tert-OH is 1. The topological polar surface area (TPSA) is 76.0 Å². The molecule has 0 radical (unpaired) electrons. The molecule has 1 heterocycles. The van der Waals surface area contributed by atoms with Gasteiger partial charge in [0.15, 0.2) is 23.4 Å². The predicted molar refractivity (Wildman–Crippen MR) is 105 cm³/mol. The van der Waals surface area contributed by atoms with Crippen molar-refractivity contribution < 1.29 is 24.5 Å². The molecule has 4 atom stereocenters. The van der Waals surface area contributed by atoms with Crippen LogP contribution in [0.15, 0.2) is 12.1 Å². The molecule has 1 fully saturated rings. The highest BCUT2D eigenvalue weighted by Crippen LogP contribution is 2.61. The largest absolute Gasteiger partial charge is 0.493 e. The molecule has 0 bridgehead atoms. The standard InChI is InChI=1S/C20H28O5.C2H6/c1-6-9-19-16-12(4)7-8-14(24-5)17(16)25-18(19)13(21)10-15(22)20(19,23)11(2)3;1-2/h7-8,11,15,18,22-23H,6,9-10H2,1-5H3;1-2H3/t15-,18+,19?,20?;/m1./s1. The number of hydrogen-bond acceptors (Lipinski definition) is 5. The fourth-order valence-electron chi connectivity index (χ4n) is 5.10. The maximum absolute atomic E-state index is 12.8. The van der Waals surface area contributed by atoms with Crippen LogP contribution in [0.2, 0.25) is 0 Å². The van der Waals surface area contributed by atoms with Gasteiger partial charge in [-0.1, -0.05) is 47.1 Å². The SMILES string of the molecule is CC.CCCC12c3c(C)ccc(OC)c3O[C@H]1C(=O)C[C@@H](O)C2(O)C(C)C. The number of carbonyl (C=O) groups is 1. The molecule has 3 rings (SSSR count). The zero-order valence-corrected chi connectivity index (χ0v) is 17.6. The molecule has 152 valence electrons. The number of methoxy groups -OCH3 is 1. The molecular weight excluding hydrogens is 344 g/mol. The number of ether oxygens (including phenoxy) is 2. The van der Waals surface area contributed by atoms with E-state index in [0.29, 0.717) is 17.9 Å². The first-order valence-electron chi connectivity index (χ1n) is 10.0. The van der Waals surface area contributed by atoms with Gasteiger partial charge in [0, 0.05) is 12.0 Å². The molecule has 2 unspecified atom stereocenters. The van der Waals surface area contributed by atoms with Crippen LogP contribution in [0.25, 0.3) is 0 Å². The Balaban J connectivity index is 0.00000126. The fraction of sp³-hybridized carbons (Fsp3) is 0.682. The second-order valence-electron chi connectivity index (χ2n) is 7.67. The van der Waals surface area contributed by atoms with E-state index in [2.05, 4.69) is 0 Å². The minimum atomic E-state index is -1.45. The van der Waals surface area contributed by atoms with Crippen LogP contribution in [0.1, 0.15) is 65.0 Å². The molecule has 0 aromatic heterocycles. The number of aliphatic hydroxyl groups is 2. The Morgan fingerprint density at radius 2 is 1.96 bits per heavy atom. The number of aryl methyl sites for hydroxylation is 1. The molecular formula is C22H34O5. The van der Waals surface area contributed by atoms with Crippen LogP contribution in [-0.2, 0) is 10.2 Å². The third-order valence-electron chi connectivity index (χ3n) is 6.11. The van der Waals surface area contributed by atoms with Crippen LogP contribution in [0, 0.1) is 12.8 Å². The first kappa shape index (κ1) is 21.7. The van der Waals surface area contributed by atoms with Crippen LogP contribution < -0.4 is 9.47 Å². The Morgan fingerprint density at radius 3 is 2.48 bits per heavy atom. The van der Waals surface area contributed by atoms with Gasteiger partial charge in [0.25, 0.3) is 0 Å². The molecule has 5 nitrogen and oxygen atoms in total. The van der Waals surface area contributed by atoms with Crippen molar-refractivity contribution in [3.05, 3.63) is 23.3 Å². The highest BCUT2D eigenvalue weighted by Gasteiger charge is 2.70. The molecule has 0 saturated heterocycles. The van der Waals surface area contributed by atoms with Gasteiger partial charge in [-0.25, -0.2) is 0 Å². The van der Waals surface area contributed by atoms with Crippen LogP contribution >= 0.6 is 0 Å². The maximum atomic E-state index is 12.8. The Kier molecular flexibility index (Phi) is 6.27. The van der Waals surface area contributed by atoms with Crippen molar-refractivity contribution in [1.29, 1.82) is 0 Å². The van der Waals surface area contributed by atoms with Gasteiger partial charge >= 0.3 is 0 Å². The summed E-state index contributed by atoms with van der Waals surface area (Å²) in [5.74, 6) is 0.676. The molecule has 1 aliphatic heterocycles. The molecule has 2 aliphatic rings. The van der Waals surface area contributed by atoms with Crippen molar-refractivity contribution in [3.63, 3.8) is 0 Å². The summed E-state index contributed by atoms with van der Waals surface area (Å²) in [6.07, 6.45) is -0.711. The third-order valence-corrected chi connectivity index (χ3v) is 6.11. The lowest BCUT2D eigenvalue weighted by molar-refractivity contribution is -0.199. The van der Waals surface area contributed by atoms with Gasteiger partial charge in [-0.05, 0) is 30.9 Å². The molecule has 1 saturated carbocycles. The normalized spacial score (nSPS) is 31.6. The first-order chi connectivity index (χ1) is 12.8. The van der Waals surface area contributed by atoms with Crippen molar-refractivity contribution >= 4 is 5.78 Å². The molecule has 0 spiro atoms. The summed E-state index contributed by atoms with van der Waals surface area (Å²) in [7, 11) is 1.56. The lowest BCUT2D eigenvalue weighted by atomic mass is 9.52. The smallest absolute Gasteiger partial charge is 0.177 e. The Hall–Kier alpha value is -1.59. The number of benzene rings is 1. The van der Waals surface area contributed by atoms with Crippen LogP contribution in [0.5, 0.6) is 11.5 Å². The van der Waals surface area contributed by atoms with Gasteiger partial charge in [0.2, 0.25) is 0 Å². The first-order valence-corrected chi connectivity index (χ1v) is 10.0. The van der Waals surface area contributed by atoms with Crippen LogP contribution in [0.4, 0.5) is 0 Å². The summed E-state index contributed by atoms with van der Waals surface area (Å²) in [4.78, 5) is 12.8. The minimum absolute atomic E-state index is 0.0971. The monoisotopic (exact) mass is 378 g/mol. The zero-order chi connectivity index (χ0) is 20.6. The predicted octanol–water partition coefficient (Wildman–Crippen LogP) is 3.55. The van der Waals surface area contributed by atoms with Crippen LogP contribution in [-0.4, -0.2) is 40.9 Å². The van der Waals surface area contributed by atoms with Crippen molar-refractivity contribution in [1.82, 2.24) is 0 Å². The molecule has 27 heavy (non-hydrogen) atoms. The van der Waals surface area contributed by atoms with E-state index in [-0.39, 0.29) is 18.1 Å². The summed E-state index contributed by atoms with van der Waals surface area (Å²) >= 11 is 0. The van der Waals surface area contributed by atoms with E-state index < -0.39 is 23.2 Å². The van der Waals surface area contributed by atoms with E-state index in [1.54, 1.807) is 7.11 Å². The lowest BCUT2D eigenvalue weighted by Crippen LogP contribution is -2.71.